The highest BCUT2D eigenvalue weighted by Gasteiger charge is 2.27. The summed E-state index contributed by atoms with van der Waals surface area (Å²) in [6.45, 7) is 0.974. The lowest BCUT2D eigenvalue weighted by Crippen LogP contribution is -2.39. The fourth-order valence-electron chi connectivity index (χ4n) is 3.28. The Hall–Kier alpha value is -2.66. The molecule has 0 saturated carbocycles. The zero-order valence-corrected chi connectivity index (χ0v) is 16.3. The fourth-order valence-corrected chi connectivity index (χ4v) is 3.51. The number of hydrogen-bond acceptors (Lipinski definition) is 3. The number of ketones is 1. The molecule has 1 aliphatic rings. The van der Waals surface area contributed by atoms with Crippen molar-refractivity contribution in [3.63, 3.8) is 0 Å². The molecule has 1 heterocycles. The van der Waals surface area contributed by atoms with E-state index in [4.69, 9.17) is 16.3 Å². The molecule has 0 aliphatic carbocycles. The van der Waals surface area contributed by atoms with Gasteiger partial charge in [0.25, 0.3) is 0 Å². The van der Waals surface area contributed by atoms with Crippen molar-refractivity contribution in [2.75, 3.05) is 20.2 Å². The average Bonchev–Trinajstić information content (AvgIpc) is 2.73. The number of piperidine rings is 1. The SMILES string of the molecule is COc1ccc(C(=O)C2CCN(C(=O)/C=C/c3c(F)cccc3Cl)CC2)cc1. The topological polar surface area (TPSA) is 46.6 Å². The molecule has 0 radical (unpaired) electrons. The molecule has 6 heteroatoms. The van der Waals surface area contributed by atoms with Crippen LogP contribution in [0.3, 0.4) is 0 Å². The Morgan fingerprint density at radius 2 is 1.82 bits per heavy atom. The van der Waals surface area contributed by atoms with Crippen LogP contribution in [0.4, 0.5) is 4.39 Å². The molecule has 0 unspecified atom stereocenters. The summed E-state index contributed by atoms with van der Waals surface area (Å²) < 4.78 is 18.9. The Labute approximate surface area is 168 Å². The molecular formula is C22H21ClFNO3. The zero-order valence-electron chi connectivity index (χ0n) is 15.5. The summed E-state index contributed by atoms with van der Waals surface area (Å²) in [5.74, 6) is -0.000378. The molecule has 2 aromatic carbocycles. The number of nitrogens with zero attached hydrogens (tertiary/aromatic N) is 1. The minimum atomic E-state index is -0.472. The second-order valence-corrected chi connectivity index (χ2v) is 7.07. The minimum Gasteiger partial charge on any atom is -0.497 e. The summed E-state index contributed by atoms with van der Waals surface area (Å²) in [7, 11) is 1.58. The van der Waals surface area contributed by atoms with Crippen LogP contribution in [0, 0.1) is 11.7 Å². The van der Waals surface area contributed by atoms with Crippen molar-refractivity contribution in [1.82, 2.24) is 4.90 Å². The summed E-state index contributed by atoms with van der Waals surface area (Å²) in [5.41, 5.74) is 0.849. The lowest BCUT2D eigenvalue weighted by Gasteiger charge is -2.30. The number of rotatable bonds is 5. The average molecular weight is 402 g/mol. The van der Waals surface area contributed by atoms with Gasteiger partial charge in [0.05, 0.1) is 12.1 Å². The quantitative estimate of drug-likeness (QED) is 0.542. The van der Waals surface area contributed by atoms with Crippen LogP contribution in [-0.2, 0) is 4.79 Å². The van der Waals surface area contributed by atoms with Crippen molar-refractivity contribution in [1.29, 1.82) is 0 Å². The normalized spacial score (nSPS) is 15.0. The minimum absolute atomic E-state index is 0.0865. The van der Waals surface area contributed by atoms with Gasteiger partial charge in [0.15, 0.2) is 5.78 Å². The molecule has 1 aliphatic heterocycles. The third-order valence-electron chi connectivity index (χ3n) is 4.94. The molecule has 0 atom stereocenters. The summed E-state index contributed by atoms with van der Waals surface area (Å²) in [6, 6.07) is 11.5. The van der Waals surface area contributed by atoms with Crippen LogP contribution >= 0.6 is 11.6 Å². The van der Waals surface area contributed by atoms with Crippen molar-refractivity contribution in [3.8, 4) is 5.75 Å². The number of carbonyl (C=O) groups is 2. The zero-order chi connectivity index (χ0) is 20.1. The Morgan fingerprint density at radius 1 is 1.14 bits per heavy atom. The van der Waals surface area contributed by atoms with Gasteiger partial charge in [-0.05, 0) is 55.3 Å². The number of ether oxygens (including phenoxy) is 1. The molecule has 1 saturated heterocycles. The first kappa shape index (κ1) is 20.1. The maximum absolute atomic E-state index is 13.8. The second-order valence-electron chi connectivity index (χ2n) is 6.66. The number of carbonyl (C=O) groups excluding carboxylic acids is 2. The van der Waals surface area contributed by atoms with E-state index >= 15 is 0 Å². The predicted octanol–water partition coefficient (Wildman–Crippen LogP) is 4.62. The first-order chi connectivity index (χ1) is 13.5. The van der Waals surface area contributed by atoms with E-state index in [9.17, 15) is 14.0 Å². The van der Waals surface area contributed by atoms with Gasteiger partial charge < -0.3 is 9.64 Å². The number of hydrogen-bond donors (Lipinski definition) is 0. The van der Waals surface area contributed by atoms with E-state index in [1.54, 1.807) is 42.3 Å². The van der Waals surface area contributed by atoms with Gasteiger partial charge in [-0.15, -0.1) is 0 Å². The van der Waals surface area contributed by atoms with Gasteiger partial charge in [0.1, 0.15) is 11.6 Å². The van der Waals surface area contributed by atoms with Crippen molar-refractivity contribution in [3.05, 3.63) is 70.5 Å². The molecule has 1 amide bonds. The van der Waals surface area contributed by atoms with E-state index in [2.05, 4.69) is 0 Å². The van der Waals surface area contributed by atoms with Crippen molar-refractivity contribution < 1.29 is 18.7 Å². The van der Waals surface area contributed by atoms with Gasteiger partial charge in [0, 0.05) is 36.2 Å². The Morgan fingerprint density at radius 3 is 2.43 bits per heavy atom. The van der Waals surface area contributed by atoms with Gasteiger partial charge >= 0.3 is 0 Å². The maximum Gasteiger partial charge on any atom is 0.246 e. The molecule has 0 spiro atoms. The highest BCUT2D eigenvalue weighted by atomic mass is 35.5. The third kappa shape index (κ3) is 4.60. The first-order valence-corrected chi connectivity index (χ1v) is 9.46. The van der Waals surface area contributed by atoms with Gasteiger partial charge in [-0.3, -0.25) is 9.59 Å². The van der Waals surface area contributed by atoms with E-state index in [0.717, 1.165) is 0 Å². The monoisotopic (exact) mass is 401 g/mol. The number of likely N-dealkylation sites (tertiary alicyclic amines) is 1. The molecule has 0 N–H and O–H groups in total. The molecule has 0 bridgehead atoms. The Kier molecular flexibility index (Phi) is 6.47. The molecule has 146 valence electrons. The van der Waals surface area contributed by atoms with E-state index in [-0.39, 0.29) is 28.2 Å². The third-order valence-corrected chi connectivity index (χ3v) is 5.27. The van der Waals surface area contributed by atoms with Crippen molar-refractivity contribution >= 4 is 29.4 Å². The number of halogens is 2. The molecule has 2 aromatic rings. The van der Waals surface area contributed by atoms with Crippen LogP contribution in [0.1, 0.15) is 28.8 Å². The molecule has 0 aromatic heterocycles. The second kappa shape index (κ2) is 9.02. The van der Waals surface area contributed by atoms with Crippen LogP contribution in [0.25, 0.3) is 6.08 Å². The van der Waals surface area contributed by atoms with Gasteiger partial charge in [-0.2, -0.15) is 0 Å². The number of methoxy groups -OCH3 is 1. The summed E-state index contributed by atoms with van der Waals surface area (Å²) in [4.78, 5) is 26.7. The molecular weight excluding hydrogens is 381 g/mol. The van der Waals surface area contributed by atoms with Gasteiger partial charge in [-0.25, -0.2) is 4.39 Å². The van der Waals surface area contributed by atoms with E-state index in [1.807, 2.05) is 0 Å². The van der Waals surface area contributed by atoms with E-state index < -0.39 is 5.82 Å². The number of benzene rings is 2. The fraction of sp³-hybridized carbons (Fsp3) is 0.273. The van der Waals surface area contributed by atoms with Crippen LogP contribution in [-0.4, -0.2) is 36.8 Å². The van der Waals surface area contributed by atoms with Crippen molar-refractivity contribution in [2.24, 2.45) is 5.92 Å². The van der Waals surface area contributed by atoms with Crippen LogP contribution in [0.2, 0.25) is 5.02 Å². The molecule has 3 rings (SSSR count). The predicted molar refractivity (Wildman–Crippen MR) is 107 cm³/mol. The van der Waals surface area contributed by atoms with E-state index in [0.29, 0.717) is 37.2 Å². The lowest BCUT2D eigenvalue weighted by atomic mass is 9.89. The molecule has 28 heavy (non-hydrogen) atoms. The summed E-state index contributed by atoms with van der Waals surface area (Å²) >= 11 is 5.97. The molecule has 4 nitrogen and oxygen atoms in total. The largest absolute Gasteiger partial charge is 0.497 e. The molecule has 1 fully saturated rings. The smallest absolute Gasteiger partial charge is 0.246 e. The first-order valence-electron chi connectivity index (χ1n) is 9.09. The summed E-state index contributed by atoms with van der Waals surface area (Å²) in [6.07, 6.45) is 3.93. The Bertz CT molecular complexity index is 867. The van der Waals surface area contributed by atoms with Crippen LogP contribution < -0.4 is 4.74 Å². The van der Waals surface area contributed by atoms with Gasteiger partial charge in [-0.1, -0.05) is 17.7 Å². The number of amides is 1. The summed E-state index contributed by atoms with van der Waals surface area (Å²) in [5, 5.41) is 0.257. The van der Waals surface area contributed by atoms with E-state index in [1.165, 1.54) is 24.3 Å². The highest BCUT2D eigenvalue weighted by Crippen LogP contribution is 2.24. The number of Topliss-reactive ketones (excluding diaryl/α,β-unsaturated/α-hetero) is 1. The highest BCUT2D eigenvalue weighted by molar-refractivity contribution is 6.32. The van der Waals surface area contributed by atoms with Crippen LogP contribution in [0.15, 0.2) is 48.5 Å². The van der Waals surface area contributed by atoms with Crippen LogP contribution in [0.5, 0.6) is 5.75 Å². The van der Waals surface area contributed by atoms with Crippen molar-refractivity contribution in [2.45, 2.75) is 12.8 Å². The maximum atomic E-state index is 13.8. The Balaban J connectivity index is 1.57. The standard InChI is InChI=1S/C22H21ClFNO3/c1-28-17-7-5-15(6-8-17)22(27)16-11-13-25(14-12-16)21(26)10-9-18-19(23)3-2-4-20(18)24/h2-10,16H,11-14H2,1H3/b10-9+. The lowest BCUT2D eigenvalue weighted by molar-refractivity contribution is -0.127. The van der Waals surface area contributed by atoms with Gasteiger partial charge in [0.2, 0.25) is 5.91 Å².